The highest BCUT2D eigenvalue weighted by Crippen LogP contribution is 2.30. The number of halogens is 1. The van der Waals surface area contributed by atoms with Gasteiger partial charge in [0.25, 0.3) is 5.91 Å². The Morgan fingerprint density at radius 3 is 2.86 bits per heavy atom. The number of hydrogen-bond acceptors (Lipinski definition) is 4. The highest BCUT2D eigenvalue weighted by molar-refractivity contribution is 6.32. The van der Waals surface area contributed by atoms with Crippen molar-refractivity contribution in [1.82, 2.24) is 9.88 Å². The molecule has 2 heterocycles. The Morgan fingerprint density at radius 2 is 2.07 bits per heavy atom. The number of ether oxygens (including phenoxy) is 2. The predicted octanol–water partition coefficient (Wildman–Crippen LogP) is 4.83. The topological polar surface area (TPSA) is 51.7 Å². The highest BCUT2D eigenvalue weighted by Gasteiger charge is 2.25. The van der Waals surface area contributed by atoms with E-state index in [0.29, 0.717) is 29.6 Å². The van der Waals surface area contributed by atoms with Gasteiger partial charge in [0.2, 0.25) is 5.88 Å². The number of benzene rings is 1. The molecule has 154 valence electrons. The molecule has 0 N–H and O–H groups in total. The molecule has 6 heteroatoms. The number of aromatic nitrogens is 1. The molecule has 1 amide bonds. The van der Waals surface area contributed by atoms with E-state index in [1.54, 1.807) is 24.2 Å². The molecule has 1 unspecified atom stereocenters. The van der Waals surface area contributed by atoms with Crippen molar-refractivity contribution in [2.75, 3.05) is 20.2 Å². The smallest absolute Gasteiger partial charge is 0.255 e. The van der Waals surface area contributed by atoms with Crippen molar-refractivity contribution in [3.63, 3.8) is 0 Å². The molecule has 0 bridgehead atoms. The van der Waals surface area contributed by atoms with Crippen LogP contribution >= 0.6 is 11.6 Å². The minimum atomic E-state index is -0.129. The van der Waals surface area contributed by atoms with Crippen LogP contribution in [0.4, 0.5) is 0 Å². The van der Waals surface area contributed by atoms with Gasteiger partial charge in [0.05, 0.1) is 18.7 Å². The van der Waals surface area contributed by atoms with Gasteiger partial charge in [0, 0.05) is 13.2 Å². The summed E-state index contributed by atoms with van der Waals surface area (Å²) in [6, 6.07) is 9.91. The van der Waals surface area contributed by atoms with Crippen LogP contribution in [-0.4, -0.2) is 42.1 Å². The number of fused-ring (bicyclic) bond motifs is 1. The van der Waals surface area contributed by atoms with Crippen molar-refractivity contribution in [3.05, 3.63) is 58.2 Å². The van der Waals surface area contributed by atoms with Crippen molar-refractivity contribution >= 4 is 17.5 Å². The Labute approximate surface area is 177 Å². The van der Waals surface area contributed by atoms with Crippen molar-refractivity contribution in [2.24, 2.45) is 0 Å². The Morgan fingerprint density at radius 1 is 1.28 bits per heavy atom. The van der Waals surface area contributed by atoms with Crippen LogP contribution in [0.3, 0.4) is 0 Å². The fraction of sp³-hybridized carbons (Fsp3) is 0.478. The molecule has 2 aliphatic rings. The summed E-state index contributed by atoms with van der Waals surface area (Å²) in [6.07, 6.45) is 8.19. The fourth-order valence-electron chi connectivity index (χ4n) is 4.15. The molecule has 5 nitrogen and oxygen atoms in total. The summed E-state index contributed by atoms with van der Waals surface area (Å²) in [5.74, 6) is 0.289. The number of pyridine rings is 1. The average Bonchev–Trinajstić information content (AvgIpc) is 2.75. The summed E-state index contributed by atoms with van der Waals surface area (Å²) in [6.45, 7) is 1.15. The van der Waals surface area contributed by atoms with Crippen LogP contribution in [0, 0.1) is 0 Å². The van der Waals surface area contributed by atoms with E-state index in [0.717, 1.165) is 24.8 Å². The SMILES string of the molecule is CN(CC1OCCc2ccccc21)C(=O)c1cnc(OC2CCCCC2)c(Cl)c1. The zero-order valence-corrected chi connectivity index (χ0v) is 17.5. The van der Waals surface area contributed by atoms with Gasteiger partial charge in [-0.2, -0.15) is 0 Å². The second-order valence-corrected chi connectivity index (χ2v) is 8.29. The van der Waals surface area contributed by atoms with E-state index >= 15 is 0 Å². The van der Waals surface area contributed by atoms with Gasteiger partial charge in [-0.15, -0.1) is 0 Å². The molecule has 1 saturated carbocycles. The van der Waals surface area contributed by atoms with Gasteiger partial charge >= 0.3 is 0 Å². The van der Waals surface area contributed by atoms with E-state index in [2.05, 4.69) is 17.1 Å². The zero-order chi connectivity index (χ0) is 20.2. The lowest BCUT2D eigenvalue weighted by Crippen LogP contribution is -2.34. The third kappa shape index (κ3) is 4.73. The number of carbonyl (C=O) groups excluding carboxylic acids is 1. The normalized spacial score (nSPS) is 19.4. The van der Waals surface area contributed by atoms with Gasteiger partial charge in [0.15, 0.2) is 0 Å². The van der Waals surface area contributed by atoms with Gasteiger partial charge in [-0.25, -0.2) is 4.98 Å². The van der Waals surface area contributed by atoms with Crippen molar-refractivity contribution < 1.29 is 14.3 Å². The Kier molecular flexibility index (Phi) is 6.36. The van der Waals surface area contributed by atoms with Crippen molar-refractivity contribution in [2.45, 2.75) is 50.7 Å². The van der Waals surface area contributed by atoms with Crippen LogP contribution in [0.2, 0.25) is 5.02 Å². The summed E-state index contributed by atoms with van der Waals surface area (Å²) in [7, 11) is 1.78. The Bertz CT molecular complexity index is 867. The first-order valence-electron chi connectivity index (χ1n) is 10.4. The zero-order valence-electron chi connectivity index (χ0n) is 16.8. The summed E-state index contributed by atoms with van der Waals surface area (Å²) in [5.41, 5.74) is 2.90. The van der Waals surface area contributed by atoms with Crippen LogP contribution in [0.15, 0.2) is 36.5 Å². The summed E-state index contributed by atoms with van der Waals surface area (Å²) in [5, 5.41) is 0.383. The monoisotopic (exact) mass is 414 g/mol. The third-order valence-corrected chi connectivity index (χ3v) is 6.03. The van der Waals surface area contributed by atoms with E-state index in [4.69, 9.17) is 21.1 Å². The van der Waals surface area contributed by atoms with E-state index in [-0.39, 0.29) is 18.1 Å². The van der Waals surface area contributed by atoms with E-state index in [9.17, 15) is 4.79 Å². The number of likely N-dealkylation sites (N-methyl/N-ethyl adjacent to an activating group) is 1. The van der Waals surface area contributed by atoms with Crippen molar-refractivity contribution in [3.8, 4) is 5.88 Å². The maximum Gasteiger partial charge on any atom is 0.255 e. The van der Waals surface area contributed by atoms with Crippen LogP contribution < -0.4 is 4.74 Å². The average molecular weight is 415 g/mol. The second kappa shape index (κ2) is 9.14. The van der Waals surface area contributed by atoms with Crippen LogP contribution in [0.5, 0.6) is 5.88 Å². The molecule has 1 atom stereocenters. The molecule has 1 aliphatic heterocycles. The number of nitrogens with zero attached hydrogens (tertiary/aromatic N) is 2. The second-order valence-electron chi connectivity index (χ2n) is 7.88. The van der Waals surface area contributed by atoms with Crippen molar-refractivity contribution in [1.29, 1.82) is 0 Å². The standard InChI is InChI=1S/C23H27ClN2O3/c1-26(15-21-19-10-6-5-7-16(19)11-12-28-21)23(27)17-13-20(24)22(25-14-17)29-18-8-3-2-4-9-18/h5-7,10,13-14,18,21H,2-4,8-9,11-12,15H2,1H3. The van der Waals surface area contributed by atoms with Gasteiger partial charge < -0.3 is 14.4 Å². The van der Waals surface area contributed by atoms with E-state index in [1.165, 1.54) is 24.8 Å². The number of amides is 1. The Hall–Kier alpha value is -2.11. The van der Waals surface area contributed by atoms with E-state index < -0.39 is 0 Å². The number of hydrogen-bond donors (Lipinski definition) is 0. The van der Waals surface area contributed by atoms with Crippen LogP contribution in [0.25, 0.3) is 0 Å². The number of rotatable bonds is 5. The maximum absolute atomic E-state index is 12.9. The maximum atomic E-state index is 12.9. The molecule has 0 spiro atoms. The molecule has 1 aromatic heterocycles. The lowest BCUT2D eigenvalue weighted by molar-refractivity contribution is 0.0200. The molecule has 2 aromatic rings. The quantitative estimate of drug-likeness (QED) is 0.702. The third-order valence-electron chi connectivity index (χ3n) is 5.76. The highest BCUT2D eigenvalue weighted by atomic mass is 35.5. The minimum absolute atomic E-state index is 0.119. The molecule has 1 aromatic carbocycles. The molecule has 1 fully saturated rings. The lowest BCUT2D eigenvalue weighted by atomic mass is 9.97. The summed E-state index contributed by atoms with van der Waals surface area (Å²) >= 11 is 6.37. The van der Waals surface area contributed by atoms with Gasteiger partial charge in [0.1, 0.15) is 17.2 Å². The van der Waals surface area contributed by atoms with E-state index in [1.807, 2.05) is 12.1 Å². The predicted molar refractivity (Wildman–Crippen MR) is 113 cm³/mol. The molecule has 0 radical (unpaired) electrons. The lowest BCUT2D eigenvalue weighted by Gasteiger charge is -2.29. The minimum Gasteiger partial charge on any atom is -0.473 e. The molecule has 4 rings (SSSR count). The Balaban J connectivity index is 1.42. The molecular weight excluding hydrogens is 388 g/mol. The van der Waals surface area contributed by atoms with Crippen LogP contribution in [0.1, 0.15) is 59.7 Å². The first-order chi connectivity index (χ1) is 14.1. The fourth-order valence-corrected chi connectivity index (χ4v) is 4.36. The molecule has 29 heavy (non-hydrogen) atoms. The summed E-state index contributed by atoms with van der Waals surface area (Å²) in [4.78, 5) is 18.9. The first kappa shape index (κ1) is 20.2. The molecular formula is C23H27ClN2O3. The molecule has 1 aliphatic carbocycles. The van der Waals surface area contributed by atoms with Gasteiger partial charge in [-0.05, 0) is 49.3 Å². The van der Waals surface area contributed by atoms with Crippen LogP contribution in [-0.2, 0) is 11.2 Å². The largest absolute Gasteiger partial charge is 0.473 e. The molecule has 0 saturated heterocycles. The first-order valence-corrected chi connectivity index (χ1v) is 10.8. The number of carbonyl (C=O) groups is 1. The van der Waals surface area contributed by atoms with Gasteiger partial charge in [-0.3, -0.25) is 4.79 Å². The van der Waals surface area contributed by atoms with Gasteiger partial charge in [-0.1, -0.05) is 42.3 Å². The summed E-state index contributed by atoms with van der Waals surface area (Å²) < 4.78 is 11.9.